The molecule has 1 aliphatic heterocycles. The number of aliphatic carboxylic acids is 1. The van der Waals surface area contributed by atoms with E-state index >= 15 is 0 Å². The van der Waals surface area contributed by atoms with Crippen molar-refractivity contribution in [3.63, 3.8) is 0 Å². The van der Waals surface area contributed by atoms with E-state index in [1.54, 1.807) is 31.2 Å². The molecule has 1 heterocycles. The second-order valence-electron chi connectivity index (χ2n) is 6.83. The van der Waals surface area contributed by atoms with Gasteiger partial charge in [-0.15, -0.1) is 0 Å². The molecule has 11 heteroatoms. The van der Waals surface area contributed by atoms with Crippen LogP contribution in [0.25, 0.3) is 6.08 Å². The molecule has 0 aliphatic carbocycles. The number of hydrogen-bond acceptors (Lipinski definition) is 6. The van der Waals surface area contributed by atoms with Gasteiger partial charge in [-0.3, -0.25) is 9.59 Å². The van der Waals surface area contributed by atoms with Crippen molar-refractivity contribution in [2.45, 2.75) is 13.5 Å². The Bertz CT molecular complexity index is 1140. The lowest BCUT2D eigenvalue weighted by Gasteiger charge is -2.15. The van der Waals surface area contributed by atoms with Crippen molar-refractivity contribution in [1.29, 1.82) is 0 Å². The molecule has 3 rings (SSSR count). The van der Waals surface area contributed by atoms with Gasteiger partial charge in [-0.1, -0.05) is 12.1 Å². The monoisotopic (exact) mass is 566 g/mol. The topological polar surface area (TPSA) is 142 Å². The fraction of sp³-hybridized carbons (Fsp3) is 0.182. The number of halogens is 1. The van der Waals surface area contributed by atoms with E-state index in [2.05, 4.69) is 27.9 Å². The number of hydrogen-bond donors (Lipinski definition) is 3. The molecule has 0 aromatic heterocycles. The summed E-state index contributed by atoms with van der Waals surface area (Å²) in [4.78, 5) is 46.7. The molecule has 3 N–H and O–H groups in total. The minimum absolute atomic E-state index is 0.0494. The number of ether oxygens (including phenoxy) is 2. The van der Waals surface area contributed by atoms with Gasteiger partial charge in [-0.05, 0) is 71.0 Å². The van der Waals surface area contributed by atoms with Crippen LogP contribution in [0.3, 0.4) is 0 Å². The molecule has 1 fully saturated rings. The van der Waals surface area contributed by atoms with Gasteiger partial charge < -0.3 is 25.0 Å². The first-order valence-electron chi connectivity index (χ1n) is 9.67. The molecule has 172 valence electrons. The number of imide groups is 1. The molecule has 0 unspecified atom stereocenters. The number of carbonyl (C=O) groups excluding carboxylic acids is 2. The summed E-state index contributed by atoms with van der Waals surface area (Å²) in [5.41, 5.74) is 1.44. The number of carboxylic acids is 2. The van der Waals surface area contributed by atoms with Crippen molar-refractivity contribution < 1.29 is 38.9 Å². The van der Waals surface area contributed by atoms with Crippen LogP contribution in [0.4, 0.5) is 4.79 Å². The van der Waals surface area contributed by atoms with E-state index in [9.17, 15) is 19.2 Å². The molecule has 10 nitrogen and oxygen atoms in total. The van der Waals surface area contributed by atoms with Gasteiger partial charge >= 0.3 is 18.0 Å². The summed E-state index contributed by atoms with van der Waals surface area (Å²) in [5.74, 6) is -2.16. The standard InChI is InChI=1S/C22H19IN2O8/c1-2-32-17-9-13(8-16-20(28)25(10-18(26)27)22(31)24-16)7-15(23)19(17)33-11-12-3-5-14(6-4-12)21(29)30/h3-9H,2,10-11H2,1H3,(H,24,31)(H,26,27)(H,29,30)/b16-8+. The molecular formula is C22H19IN2O8. The number of aromatic carboxylic acids is 1. The van der Waals surface area contributed by atoms with E-state index in [0.717, 1.165) is 5.56 Å². The highest BCUT2D eigenvalue weighted by molar-refractivity contribution is 14.1. The fourth-order valence-electron chi connectivity index (χ4n) is 2.99. The van der Waals surface area contributed by atoms with Gasteiger partial charge in [0.15, 0.2) is 11.5 Å². The first kappa shape index (κ1) is 24.0. The predicted octanol–water partition coefficient (Wildman–Crippen LogP) is 2.94. The van der Waals surface area contributed by atoms with Gasteiger partial charge in [0.1, 0.15) is 18.8 Å². The number of carboxylic acid groups (broad SMARTS) is 2. The number of carbonyl (C=O) groups is 4. The molecule has 2 aromatic carbocycles. The minimum Gasteiger partial charge on any atom is -0.490 e. The molecule has 0 saturated carbocycles. The minimum atomic E-state index is -1.30. The maximum atomic E-state index is 12.4. The molecule has 3 amide bonds. The maximum Gasteiger partial charge on any atom is 0.335 e. The van der Waals surface area contributed by atoms with Crippen molar-refractivity contribution >= 4 is 52.5 Å². The van der Waals surface area contributed by atoms with Crippen molar-refractivity contribution in [2.24, 2.45) is 0 Å². The molecule has 33 heavy (non-hydrogen) atoms. The first-order chi connectivity index (χ1) is 15.7. The van der Waals surface area contributed by atoms with Crippen LogP contribution in [0.1, 0.15) is 28.4 Å². The van der Waals surface area contributed by atoms with Crippen LogP contribution in [0, 0.1) is 3.57 Å². The third-order valence-electron chi connectivity index (χ3n) is 4.48. The molecule has 0 bridgehead atoms. The van der Waals surface area contributed by atoms with Gasteiger partial charge in [0.2, 0.25) is 0 Å². The van der Waals surface area contributed by atoms with Crippen LogP contribution < -0.4 is 14.8 Å². The van der Waals surface area contributed by atoms with E-state index in [0.29, 0.717) is 32.1 Å². The van der Waals surface area contributed by atoms with Crippen LogP contribution in [0.15, 0.2) is 42.1 Å². The summed E-state index contributed by atoms with van der Waals surface area (Å²) in [5, 5.41) is 20.2. The largest absolute Gasteiger partial charge is 0.490 e. The van der Waals surface area contributed by atoms with Gasteiger partial charge in [0, 0.05) is 0 Å². The van der Waals surface area contributed by atoms with Crippen LogP contribution in [0.2, 0.25) is 0 Å². The Morgan fingerprint density at radius 3 is 2.42 bits per heavy atom. The Kier molecular flexibility index (Phi) is 7.53. The van der Waals surface area contributed by atoms with E-state index in [-0.39, 0.29) is 17.9 Å². The van der Waals surface area contributed by atoms with E-state index in [1.807, 2.05) is 0 Å². The third-order valence-corrected chi connectivity index (χ3v) is 5.28. The summed E-state index contributed by atoms with van der Waals surface area (Å²) < 4.78 is 12.3. The average molecular weight is 566 g/mol. The number of nitrogens with one attached hydrogen (secondary N) is 1. The van der Waals surface area contributed by atoms with Crippen LogP contribution in [-0.4, -0.2) is 52.1 Å². The molecule has 1 aliphatic rings. The molecule has 2 aromatic rings. The third kappa shape index (κ3) is 5.80. The lowest BCUT2D eigenvalue weighted by molar-refractivity contribution is -0.140. The van der Waals surface area contributed by atoms with Crippen LogP contribution in [-0.2, 0) is 16.2 Å². The van der Waals surface area contributed by atoms with Gasteiger partial charge in [-0.2, -0.15) is 0 Å². The number of nitrogens with zero attached hydrogens (tertiary/aromatic N) is 1. The molecule has 0 spiro atoms. The molecule has 0 radical (unpaired) electrons. The van der Waals surface area contributed by atoms with Crippen molar-refractivity contribution in [3.05, 3.63) is 62.4 Å². The SMILES string of the molecule is CCOc1cc(/C=C2/NC(=O)N(CC(=O)O)C2=O)cc(I)c1OCc1ccc(C(=O)O)cc1. The van der Waals surface area contributed by atoms with Gasteiger partial charge in [0.05, 0.1) is 15.7 Å². The summed E-state index contributed by atoms with van der Waals surface area (Å²) in [6.45, 7) is 1.60. The fourth-order valence-corrected chi connectivity index (χ4v) is 3.77. The average Bonchev–Trinajstić information content (AvgIpc) is 3.00. The van der Waals surface area contributed by atoms with E-state index in [4.69, 9.17) is 19.7 Å². The normalized spacial score (nSPS) is 14.4. The van der Waals surface area contributed by atoms with Crippen LogP contribution >= 0.6 is 22.6 Å². The number of rotatable bonds is 9. The Balaban J connectivity index is 1.83. The Morgan fingerprint density at radius 2 is 1.82 bits per heavy atom. The second-order valence-corrected chi connectivity index (χ2v) is 7.99. The smallest absolute Gasteiger partial charge is 0.335 e. The van der Waals surface area contributed by atoms with Gasteiger partial charge in [0.25, 0.3) is 5.91 Å². The predicted molar refractivity (Wildman–Crippen MR) is 124 cm³/mol. The number of benzene rings is 2. The second kappa shape index (κ2) is 10.3. The highest BCUT2D eigenvalue weighted by Gasteiger charge is 2.34. The van der Waals surface area contributed by atoms with Crippen molar-refractivity contribution in [3.8, 4) is 11.5 Å². The Morgan fingerprint density at radius 1 is 1.12 bits per heavy atom. The maximum absolute atomic E-state index is 12.4. The van der Waals surface area contributed by atoms with Crippen molar-refractivity contribution in [2.75, 3.05) is 13.2 Å². The lowest BCUT2D eigenvalue weighted by Crippen LogP contribution is -2.35. The number of amides is 3. The van der Waals surface area contributed by atoms with Crippen LogP contribution in [0.5, 0.6) is 11.5 Å². The Hall–Kier alpha value is -3.61. The number of urea groups is 1. The summed E-state index contributed by atoms with van der Waals surface area (Å²) in [7, 11) is 0. The Labute approximate surface area is 201 Å². The first-order valence-corrected chi connectivity index (χ1v) is 10.7. The quantitative estimate of drug-likeness (QED) is 0.239. The zero-order valence-corrected chi connectivity index (χ0v) is 19.5. The summed E-state index contributed by atoms with van der Waals surface area (Å²) in [6, 6.07) is 8.86. The van der Waals surface area contributed by atoms with Gasteiger partial charge in [-0.25, -0.2) is 14.5 Å². The summed E-state index contributed by atoms with van der Waals surface area (Å²) >= 11 is 2.05. The zero-order chi connectivity index (χ0) is 24.1. The lowest BCUT2D eigenvalue weighted by atomic mass is 10.1. The highest BCUT2D eigenvalue weighted by atomic mass is 127. The zero-order valence-electron chi connectivity index (χ0n) is 17.3. The molecule has 1 saturated heterocycles. The van der Waals surface area contributed by atoms with E-state index < -0.39 is 30.4 Å². The molecule has 0 atom stereocenters. The van der Waals surface area contributed by atoms with Crippen molar-refractivity contribution in [1.82, 2.24) is 10.2 Å². The summed E-state index contributed by atoms with van der Waals surface area (Å²) in [6.07, 6.45) is 1.43. The molecular weight excluding hydrogens is 547 g/mol. The highest BCUT2D eigenvalue weighted by Crippen LogP contribution is 2.35. The van der Waals surface area contributed by atoms with E-state index in [1.165, 1.54) is 18.2 Å².